The minimum Gasteiger partial charge on any atom is -0.369 e. The van der Waals surface area contributed by atoms with E-state index in [-0.39, 0.29) is 33.4 Å². The first-order chi connectivity index (χ1) is 13.2. The largest absolute Gasteiger partial charge is 0.369 e. The van der Waals surface area contributed by atoms with Gasteiger partial charge in [0.25, 0.3) is 5.91 Å². The first-order valence-corrected chi connectivity index (χ1v) is 10.2. The standard InChI is InChI=1S/C18H13ClF3NO4S/c19-11-2-1-8(18(24)23-9-4-12(20)17(22)13(21)5-9)3-16(11)28(25,26)10-6-14-15(7-10)27-14/h1-5,10,14-15H,6-7H2,(H,23,24)/t10?,14-,15?/m1/s1. The highest BCUT2D eigenvalue weighted by Gasteiger charge is 2.52. The van der Waals surface area contributed by atoms with Gasteiger partial charge in [0.05, 0.1) is 27.4 Å². The number of halogens is 4. The van der Waals surface area contributed by atoms with Crippen LogP contribution in [0.3, 0.4) is 0 Å². The summed E-state index contributed by atoms with van der Waals surface area (Å²) in [4.78, 5) is 12.2. The zero-order chi connectivity index (χ0) is 20.2. The molecule has 1 heterocycles. The van der Waals surface area contributed by atoms with Crippen LogP contribution in [0.5, 0.6) is 0 Å². The molecule has 0 aromatic heterocycles. The smallest absolute Gasteiger partial charge is 0.255 e. The molecule has 1 saturated carbocycles. The monoisotopic (exact) mass is 431 g/mol. The number of ether oxygens (including phenoxy) is 1. The maximum atomic E-state index is 13.3. The Hall–Kier alpha value is -2.10. The molecule has 2 unspecified atom stereocenters. The van der Waals surface area contributed by atoms with Crippen molar-refractivity contribution in [2.75, 3.05) is 5.32 Å². The Balaban J connectivity index is 1.60. The Morgan fingerprint density at radius 3 is 2.29 bits per heavy atom. The molecule has 5 nitrogen and oxygen atoms in total. The molecular formula is C18H13ClF3NO4S. The van der Waals surface area contributed by atoms with Gasteiger partial charge in [-0.25, -0.2) is 21.6 Å². The topological polar surface area (TPSA) is 75.8 Å². The highest BCUT2D eigenvalue weighted by atomic mass is 35.5. The van der Waals surface area contributed by atoms with E-state index >= 15 is 0 Å². The van der Waals surface area contributed by atoms with Crippen molar-refractivity contribution in [3.05, 3.63) is 58.4 Å². The van der Waals surface area contributed by atoms with Crippen molar-refractivity contribution >= 4 is 33.0 Å². The summed E-state index contributed by atoms with van der Waals surface area (Å²) < 4.78 is 70.6. The summed E-state index contributed by atoms with van der Waals surface area (Å²) >= 11 is 6.05. The van der Waals surface area contributed by atoms with E-state index in [2.05, 4.69) is 5.32 Å². The van der Waals surface area contributed by atoms with Crippen LogP contribution in [0.1, 0.15) is 23.2 Å². The predicted molar refractivity (Wildman–Crippen MR) is 94.6 cm³/mol. The Morgan fingerprint density at radius 2 is 1.68 bits per heavy atom. The Kier molecular flexibility index (Phi) is 4.64. The van der Waals surface area contributed by atoms with E-state index < -0.39 is 38.4 Å². The van der Waals surface area contributed by atoms with Crippen LogP contribution >= 0.6 is 11.6 Å². The Labute approximate surface area is 163 Å². The molecule has 2 aliphatic rings. The molecule has 1 amide bonds. The molecule has 2 aromatic rings. The van der Waals surface area contributed by atoms with E-state index in [1.165, 1.54) is 12.1 Å². The molecule has 28 heavy (non-hydrogen) atoms. The zero-order valence-electron chi connectivity index (χ0n) is 14.1. The Bertz CT molecular complexity index is 1060. The van der Waals surface area contributed by atoms with Crippen molar-refractivity contribution in [2.45, 2.75) is 35.2 Å². The fraction of sp³-hybridized carbons (Fsp3) is 0.278. The minimum absolute atomic E-state index is 0.0306. The normalized spacial score (nSPS) is 23.4. The summed E-state index contributed by atoms with van der Waals surface area (Å²) in [6.45, 7) is 0. The fourth-order valence-corrected chi connectivity index (χ4v) is 5.65. The number of hydrogen-bond donors (Lipinski definition) is 1. The van der Waals surface area contributed by atoms with Crippen LogP contribution in [0.15, 0.2) is 35.2 Å². The van der Waals surface area contributed by atoms with Crippen LogP contribution in [-0.4, -0.2) is 31.8 Å². The number of carbonyl (C=O) groups excluding carboxylic acids is 1. The lowest BCUT2D eigenvalue weighted by molar-refractivity contribution is 0.102. The number of nitrogens with one attached hydrogen (secondary N) is 1. The van der Waals surface area contributed by atoms with Crippen molar-refractivity contribution in [3.8, 4) is 0 Å². The number of carbonyl (C=O) groups is 1. The third-order valence-electron chi connectivity index (χ3n) is 4.86. The van der Waals surface area contributed by atoms with Crippen LogP contribution in [-0.2, 0) is 14.6 Å². The average molecular weight is 432 g/mol. The summed E-state index contributed by atoms with van der Waals surface area (Å²) in [6, 6.07) is 4.90. The Morgan fingerprint density at radius 1 is 1.07 bits per heavy atom. The molecule has 10 heteroatoms. The number of amides is 1. The van der Waals surface area contributed by atoms with Gasteiger partial charge in [0.1, 0.15) is 0 Å². The summed E-state index contributed by atoms with van der Waals surface area (Å²) in [5.41, 5.74) is -0.388. The lowest BCUT2D eigenvalue weighted by atomic mass is 10.2. The molecule has 4 rings (SSSR count). The third kappa shape index (κ3) is 3.38. The van der Waals surface area contributed by atoms with Gasteiger partial charge in [-0.2, -0.15) is 0 Å². The first kappa shape index (κ1) is 19.2. The van der Waals surface area contributed by atoms with Gasteiger partial charge in [-0.3, -0.25) is 4.79 Å². The number of rotatable bonds is 4. The van der Waals surface area contributed by atoms with Gasteiger partial charge in [-0.1, -0.05) is 11.6 Å². The number of anilines is 1. The molecule has 2 aromatic carbocycles. The number of fused-ring (bicyclic) bond motifs is 1. The van der Waals surface area contributed by atoms with E-state index in [0.717, 1.165) is 6.07 Å². The van der Waals surface area contributed by atoms with Crippen LogP contribution in [0.4, 0.5) is 18.9 Å². The molecule has 1 saturated heterocycles. The molecule has 1 aliphatic heterocycles. The van der Waals surface area contributed by atoms with Gasteiger partial charge in [0.2, 0.25) is 0 Å². The molecule has 1 aliphatic carbocycles. The third-order valence-corrected chi connectivity index (χ3v) is 7.51. The number of epoxide rings is 1. The molecule has 148 valence electrons. The van der Waals surface area contributed by atoms with Crippen LogP contribution in [0.2, 0.25) is 5.02 Å². The second-order valence-corrected chi connectivity index (χ2v) is 9.31. The maximum Gasteiger partial charge on any atom is 0.255 e. The van der Waals surface area contributed by atoms with Crippen molar-refractivity contribution in [2.24, 2.45) is 0 Å². The van der Waals surface area contributed by atoms with E-state index in [0.29, 0.717) is 25.0 Å². The number of hydrogen-bond acceptors (Lipinski definition) is 4. The molecule has 1 N–H and O–H groups in total. The first-order valence-electron chi connectivity index (χ1n) is 8.31. The summed E-state index contributed by atoms with van der Waals surface area (Å²) in [7, 11) is -3.78. The molecule has 0 bridgehead atoms. The van der Waals surface area contributed by atoms with Crippen LogP contribution in [0.25, 0.3) is 0 Å². The van der Waals surface area contributed by atoms with Gasteiger partial charge in [-0.05, 0) is 31.0 Å². The molecular weight excluding hydrogens is 419 g/mol. The van der Waals surface area contributed by atoms with E-state index in [1.54, 1.807) is 0 Å². The maximum absolute atomic E-state index is 13.3. The minimum atomic E-state index is -3.78. The second kappa shape index (κ2) is 6.75. The van der Waals surface area contributed by atoms with Gasteiger partial charge in [0, 0.05) is 23.4 Å². The van der Waals surface area contributed by atoms with E-state index in [9.17, 15) is 26.4 Å². The van der Waals surface area contributed by atoms with Crippen LogP contribution in [0, 0.1) is 17.5 Å². The van der Waals surface area contributed by atoms with Gasteiger partial charge in [-0.15, -0.1) is 0 Å². The summed E-state index contributed by atoms with van der Waals surface area (Å²) in [5.74, 6) is -5.40. The van der Waals surface area contributed by atoms with Crippen molar-refractivity contribution in [3.63, 3.8) is 0 Å². The molecule has 0 spiro atoms. The van der Waals surface area contributed by atoms with E-state index in [4.69, 9.17) is 16.3 Å². The van der Waals surface area contributed by atoms with Crippen molar-refractivity contribution in [1.82, 2.24) is 0 Å². The zero-order valence-corrected chi connectivity index (χ0v) is 15.7. The van der Waals surface area contributed by atoms with Crippen LogP contribution < -0.4 is 5.32 Å². The van der Waals surface area contributed by atoms with Gasteiger partial charge < -0.3 is 10.1 Å². The van der Waals surface area contributed by atoms with E-state index in [1.807, 2.05) is 0 Å². The quantitative estimate of drug-likeness (QED) is 0.591. The molecule has 2 fully saturated rings. The lowest BCUT2D eigenvalue weighted by Crippen LogP contribution is -2.22. The van der Waals surface area contributed by atoms with Gasteiger partial charge >= 0.3 is 0 Å². The second-order valence-electron chi connectivity index (χ2n) is 6.70. The predicted octanol–water partition coefficient (Wildman–Crippen LogP) is 3.71. The molecule has 0 radical (unpaired) electrons. The average Bonchev–Trinajstić information content (AvgIpc) is 3.24. The van der Waals surface area contributed by atoms with Crippen molar-refractivity contribution < 1.29 is 31.1 Å². The lowest BCUT2D eigenvalue weighted by Gasteiger charge is -2.15. The molecule has 3 atom stereocenters. The number of sulfone groups is 1. The number of benzene rings is 2. The summed E-state index contributed by atoms with van der Waals surface area (Å²) in [5, 5.41) is 1.53. The fourth-order valence-electron chi connectivity index (χ4n) is 3.33. The SMILES string of the molecule is O=C(Nc1cc(F)c(F)c(F)c1)c1ccc(Cl)c(S(=O)(=O)C2CC3O[C@@H]3C2)c1. The highest BCUT2D eigenvalue weighted by molar-refractivity contribution is 7.92. The van der Waals surface area contributed by atoms with Gasteiger partial charge in [0.15, 0.2) is 27.3 Å². The highest BCUT2D eigenvalue weighted by Crippen LogP contribution is 2.44. The summed E-state index contributed by atoms with van der Waals surface area (Å²) in [6.07, 6.45) is 0.642. The van der Waals surface area contributed by atoms with Crippen molar-refractivity contribution in [1.29, 1.82) is 0 Å².